The van der Waals surface area contributed by atoms with E-state index in [4.69, 9.17) is 19.4 Å². The second-order valence-electron chi connectivity index (χ2n) is 11.5. The predicted molar refractivity (Wildman–Crippen MR) is 144 cm³/mol. The molecule has 2 bridgehead atoms. The van der Waals surface area contributed by atoms with E-state index in [-0.39, 0.29) is 36.8 Å². The fraction of sp³-hybridized carbons (Fsp3) is 0.500. The number of hydrogen-bond acceptors (Lipinski definition) is 9. The normalized spacial score (nSPS) is 27.4. The highest BCUT2D eigenvalue weighted by atomic mass is 32.1. The molecule has 214 valence electrons. The van der Waals surface area contributed by atoms with Crippen molar-refractivity contribution >= 4 is 22.5 Å². The number of rotatable bonds is 5. The molecule has 8 rings (SSSR count). The smallest absolute Gasteiger partial charge is 0.394 e. The van der Waals surface area contributed by atoms with Crippen LogP contribution in [0.25, 0.3) is 17.0 Å². The molecule has 13 heteroatoms. The molecule has 0 radical (unpaired) electrons. The molecule has 3 aliphatic carbocycles. The molecule has 4 fully saturated rings. The van der Waals surface area contributed by atoms with Crippen LogP contribution in [-0.2, 0) is 10.2 Å². The molecule has 0 unspecified atom stereocenters. The molecule has 5 heterocycles. The first-order valence-electron chi connectivity index (χ1n) is 13.5. The maximum Gasteiger partial charge on any atom is 0.394 e. The highest BCUT2D eigenvalue weighted by molar-refractivity contribution is 7.09. The number of pyridine rings is 1. The Morgan fingerprint density at radius 2 is 1.88 bits per heavy atom. The summed E-state index contributed by atoms with van der Waals surface area (Å²) in [5.41, 5.74) is 0.169. The first-order valence-corrected chi connectivity index (χ1v) is 14.3. The van der Waals surface area contributed by atoms with E-state index in [9.17, 15) is 18.0 Å². The molecule has 0 aromatic carbocycles. The van der Waals surface area contributed by atoms with Crippen LogP contribution in [0.2, 0.25) is 0 Å². The van der Waals surface area contributed by atoms with E-state index >= 15 is 0 Å². The highest BCUT2D eigenvalue weighted by Gasteiger charge is 2.79. The zero-order valence-electron chi connectivity index (χ0n) is 22.7. The van der Waals surface area contributed by atoms with Crippen LogP contribution in [0, 0.1) is 19.3 Å². The molecule has 0 amide bonds. The zero-order chi connectivity index (χ0) is 28.7. The SMILES string of the molecule is COc1nc2c(C34CC(C(F)(F)F)(C3)C4)nc([C@H]3CCO[C@@H](c4ccc(=O)n(-c5csc(C)n5)c4)C3)nc2nc1C. The monoisotopic (exact) mass is 584 g/mol. The summed E-state index contributed by atoms with van der Waals surface area (Å²) < 4.78 is 54.1. The number of ether oxygens (including phenoxy) is 2. The molecule has 9 nitrogen and oxygen atoms in total. The van der Waals surface area contributed by atoms with Crippen molar-refractivity contribution in [2.45, 2.75) is 69.6 Å². The largest absolute Gasteiger partial charge is 0.480 e. The van der Waals surface area contributed by atoms with Crippen molar-refractivity contribution in [2.24, 2.45) is 5.41 Å². The van der Waals surface area contributed by atoms with Gasteiger partial charge in [0.05, 0.1) is 29.3 Å². The van der Waals surface area contributed by atoms with E-state index in [1.165, 1.54) is 29.1 Å². The van der Waals surface area contributed by atoms with E-state index in [0.717, 1.165) is 10.6 Å². The van der Waals surface area contributed by atoms with Gasteiger partial charge in [-0.3, -0.25) is 9.36 Å². The Bertz CT molecular complexity index is 1730. The lowest BCUT2D eigenvalue weighted by molar-refractivity contribution is -0.337. The second-order valence-corrected chi connectivity index (χ2v) is 12.5. The van der Waals surface area contributed by atoms with E-state index in [1.807, 2.05) is 12.3 Å². The molecule has 0 spiro atoms. The fourth-order valence-electron chi connectivity index (χ4n) is 6.71. The van der Waals surface area contributed by atoms with Crippen LogP contribution in [0.15, 0.2) is 28.5 Å². The van der Waals surface area contributed by atoms with Gasteiger partial charge in [0.15, 0.2) is 11.5 Å². The molecule has 0 N–H and O–H groups in total. The Balaban J connectivity index is 1.24. The van der Waals surface area contributed by atoms with Gasteiger partial charge in [0.25, 0.3) is 5.56 Å². The van der Waals surface area contributed by atoms with Crippen molar-refractivity contribution in [1.29, 1.82) is 0 Å². The third kappa shape index (κ3) is 4.07. The Morgan fingerprint density at radius 1 is 1.10 bits per heavy atom. The summed E-state index contributed by atoms with van der Waals surface area (Å²) in [5.74, 6) is 1.29. The van der Waals surface area contributed by atoms with Crippen LogP contribution in [0.5, 0.6) is 5.88 Å². The first kappa shape index (κ1) is 26.4. The third-order valence-electron chi connectivity index (χ3n) is 8.82. The van der Waals surface area contributed by atoms with Crippen molar-refractivity contribution in [1.82, 2.24) is 29.5 Å². The minimum atomic E-state index is -4.23. The average Bonchev–Trinajstić information content (AvgIpc) is 3.32. The third-order valence-corrected chi connectivity index (χ3v) is 9.58. The van der Waals surface area contributed by atoms with Crippen molar-refractivity contribution < 1.29 is 22.6 Å². The van der Waals surface area contributed by atoms with E-state index in [0.29, 0.717) is 59.5 Å². The maximum atomic E-state index is 13.7. The maximum absolute atomic E-state index is 13.7. The summed E-state index contributed by atoms with van der Waals surface area (Å²) in [6, 6.07) is 3.27. The van der Waals surface area contributed by atoms with Crippen LogP contribution >= 0.6 is 11.3 Å². The van der Waals surface area contributed by atoms with E-state index in [1.54, 1.807) is 19.2 Å². The van der Waals surface area contributed by atoms with Crippen LogP contribution in [0.3, 0.4) is 0 Å². The zero-order valence-corrected chi connectivity index (χ0v) is 23.5. The Kier molecular flexibility index (Phi) is 5.82. The van der Waals surface area contributed by atoms with Crippen LogP contribution < -0.4 is 10.3 Å². The average molecular weight is 585 g/mol. The molecule has 1 aliphatic heterocycles. The minimum absolute atomic E-state index is 0.000957. The van der Waals surface area contributed by atoms with Gasteiger partial charge in [-0.1, -0.05) is 0 Å². The Labute approximate surface area is 236 Å². The van der Waals surface area contributed by atoms with Crippen molar-refractivity contribution in [3.05, 3.63) is 61.8 Å². The lowest BCUT2D eigenvalue weighted by Crippen LogP contribution is -2.70. The molecule has 41 heavy (non-hydrogen) atoms. The molecular weight excluding hydrogens is 557 g/mol. The summed E-state index contributed by atoms with van der Waals surface area (Å²) >= 11 is 1.47. The van der Waals surface area contributed by atoms with Gasteiger partial charge in [-0.2, -0.15) is 13.2 Å². The van der Waals surface area contributed by atoms with Gasteiger partial charge < -0.3 is 9.47 Å². The van der Waals surface area contributed by atoms with Gasteiger partial charge in [0, 0.05) is 35.6 Å². The van der Waals surface area contributed by atoms with Gasteiger partial charge in [-0.25, -0.2) is 24.9 Å². The number of nitrogens with zero attached hydrogens (tertiary/aromatic N) is 6. The van der Waals surface area contributed by atoms with Crippen molar-refractivity contribution in [3.63, 3.8) is 0 Å². The Hall–Kier alpha value is -3.45. The lowest BCUT2D eigenvalue weighted by Gasteiger charge is -2.70. The fourth-order valence-corrected chi connectivity index (χ4v) is 7.30. The molecule has 1 saturated heterocycles. The molecule has 2 atom stereocenters. The van der Waals surface area contributed by atoms with Gasteiger partial charge in [-0.05, 0) is 57.6 Å². The molecule has 3 saturated carbocycles. The van der Waals surface area contributed by atoms with Crippen LogP contribution in [0.4, 0.5) is 13.2 Å². The summed E-state index contributed by atoms with van der Waals surface area (Å²) in [5, 5.41) is 2.69. The van der Waals surface area contributed by atoms with E-state index < -0.39 is 17.0 Å². The highest BCUT2D eigenvalue weighted by Crippen LogP contribution is 2.78. The summed E-state index contributed by atoms with van der Waals surface area (Å²) in [6.07, 6.45) is -1.60. The quantitative estimate of drug-likeness (QED) is 0.313. The lowest BCUT2D eigenvalue weighted by atomic mass is 9.34. The van der Waals surface area contributed by atoms with Gasteiger partial charge in [0.1, 0.15) is 17.0 Å². The second kappa shape index (κ2) is 9.02. The van der Waals surface area contributed by atoms with Gasteiger partial charge in [-0.15, -0.1) is 11.3 Å². The molecule has 4 aromatic rings. The number of fused-ring (bicyclic) bond motifs is 1. The van der Waals surface area contributed by atoms with Crippen molar-refractivity contribution in [3.8, 4) is 11.7 Å². The Morgan fingerprint density at radius 3 is 2.56 bits per heavy atom. The summed E-state index contributed by atoms with van der Waals surface area (Å²) in [6.45, 7) is 4.08. The number of hydrogen-bond donors (Lipinski definition) is 0. The standard InChI is InChI=1S/C28H27F3N6O3S/c1-14-25(39-3)34-21-22(26-11-27(12-26,13-26)28(29,30)31)35-23(36-24(21)32-14)16-6-7-40-18(8-16)17-4-5-20(38)37(9-17)19-10-41-15(2)33-19/h4-5,9-10,16,18H,6-8,11-13H2,1-3H3/t16-,18+,26?,27?/m0/s1. The molecule has 4 aliphatic rings. The summed E-state index contributed by atoms with van der Waals surface area (Å²) in [7, 11) is 1.48. The van der Waals surface area contributed by atoms with Gasteiger partial charge >= 0.3 is 6.18 Å². The molecule has 4 aromatic heterocycles. The minimum Gasteiger partial charge on any atom is -0.480 e. The number of alkyl halides is 3. The van der Waals surface area contributed by atoms with Crippen molar-refractivity contribution in [2.75, 3.05) is 13.7 Å². The number of thiazole rings is 1. The number of aromatic nitrogens is 6. The number of aryl methyl sites for hydroxylation is 2. The number of methoxy groups -OCH3 is 1. The van der Waals surface area contributed by atoms with Crippen LogP contribution in [-0.4, -0.2) is 49.4 Å². The van der Waals surface area contributed by atoms with Crippen LogP contribution in [0.1, 0.15) is 71.9 Å². The summed E-state index contributed by atoms with van der Waals surface area (Å²) in [4.78, 5) is 35.9. The van der Waals surface area contributed by atoms with Gasteiger partial charge in [0.2, 0.25) is 5.88 Å². The number of halogens is 3. The van der Waals surface area contributed by atoms with E-state index in [2.05, 4.69) is 15.0 Å². The predicted octanol–water partition coefficient (Wildman–Crippen LogP) is 5.27. The molecular formula is C28H27F3N6O3S. The topological polar surface area (TPSA) is 105 Å². The first-order chi connectivity index (χ1) is 19.5.